The smallest absolute Gasteiger partial charge is 0.311 e. The molecular weight excluding hydrogens is 302 g/mol. The van der Waals surface area contributed by atoms with Crippen LogP contribution in [0.25, 0.3) is 0 Å². The Morgan fingerprint density at radius 2 is 2.25 bits per heavy atom. The first-order chi connectivity index (χ1) is 9.58. The SMILES string of the molecule is COC(=O)Cc1csc(NC(=O)c2ccc(Cl)nc2)n1. The molecule has 0 fully saturated rings. The molecular formula is C12H10ClN3O3S. The molecule has 0 saturated heterocycles. The van der Waals surface area contributed by atoms with E-state index in [0.717, 1.165) is 0 Å². The van der Waals surface area contributed by atoms with Gasteiger partial charge in [-0.3, -0.25) is 14.9 Å². The Hall–Kier alpha value is -1.99. The number of aromatic nitrogens is 2. The molecule has 0 unspecified atom stereocenters. The van der Waals surface area contributed by atoms with Crippen LogP contribution in [0.15, 0.2) is 23.7 Å². The number of rotatable bonds is 4. The van der Waals surface area contributed by atoms with E-state index in [1.807, 2.05) is 0 Å². The number of hydrogen-bond acceptors (Lipinski definition) is 6. The average Bonchev–Trinajstić information content (AvgIpc) is 2.86. The van der Waals surface area contributed by atoms with Crippen molar-refractivity contribution in [2.75, 3.05) is 12.4 Å². The second-order valence-electron chi connectivity index (χ2n) is 3.72. The predicted octanol–water partition coefficient (Wildman–Crippen LogP) is 2.16. The molecule has 1 amide bonds. The molecule has 104 valence electrons. The van der Waals surface area contributed by atoms with Crippen LogP contribution < -0.4 is 5.32 Å². The van der Waals surface area contributed by atoms with Crippen molar-refractivity contribution in [2.45, 2.75) is 6.42 Å². The summed E-state index contributed by atoms with van der Waals surface area (Å²) in [7, 11) is 1.31. The number of esters is 1. The molecule has 2 heterocycles. The van der Waals surface area contributed by atoms with Crippen molar-refractivity contribution in [3.63, 3.8) is 0 Å². The van der Waals surface area contributed by atoms with Crippen molar-refractivity contribution in [2.24, 2.45) is 0 Å². The highest BCUT2D eigenvalue weighted by atomic mass is 35.5. The van der Waals surface area contributed by atoms with Gasteiger partial charge in [0.2, 0.25) is 0 Å². The quantitative estimate of drug-likeness (QED) is 0.691. The van der Waals surface area contributed by atoms with E-state index < -0.39 is 0 Å². The summed E-state index contributed by atoms with van der Waals surface area (Å²) >= 11 is 6.88. The van der Waals surface area contributed by atoms with Gasteiger partial charge in [-0.15, -0.1) is 11.3 Å². The number of anilines is 1. The normalized spacial score (nSPS) is 10.1. The first kappa shape index (κ1) is 14.4. The number of nitrogens with zero attached hydrogens (tertiary/aromatic N) is 2. The number of carbonyl (C=O) groups excluding carboxylic acids is 2. The van der Waals surface area contributed by atoms with Crippen LogP contribution in [-0.4, -0.2) is 29.0 Å². The number of nitrogens with one attached hydrogen (secondary N) is 1. The first-order valence-corrected chi connectivity index (χ1v) is 6.78. The molecule has 0 atom stereocenters. The molecule has 2 aromatic rings. The summed E-state index contributed by atoms with van der Waals surface area (Å²) in [5.41, 5.74) is 0.922. The molecule has 0 aromatic carbocycles. The van der Waals surface area contributed by atoms with Crippen LogP contribution in [0.3, 0.4) is 0 Å². The van der Waals surface area contributed by atoms with Crippen molar-refractivity contribution in [3.05, 3.63) is 40.1 Å². The van der Waals surface area contributed by atoms with E-state index in [0.29, 0.717) is 21.5 Å². The maximum atomic E-state index is 11.9. The molecule has 8 heteroatoms. The summed E-state index contributed by atoms with van der Waals surface area (Å²) in [6, 6.07) is 3.09. The highest BCUT2D eigenvalue weighted by Crippen LogP contribution is 2.17. The van der Waals surface area contributed by atoms with Gasteiger partial charge in [-0.1, -0.05) is 11.6 Å². The number of pyridine rings is 1. The van der Waals surface area contributed by atoms with Gasteiger partial charge in [0.1, 0.15) is 5.15 Å². The average molecular weight is 312 g/mol. The Kier molecular flexibility index (Phi) is 4.65. The number of amides is 1. The van der Waals surface area contributed by atoms with E-state index >= 15 is 0 Å². The standard InChI is InChI=1S/C12H10ClN3O3S/c1-19-10(17)4-8-6-20-12(15-8)16-11(18)7-2-3-9(13)14-5-7/h2-3,5-6H,4H2,1H3,(H,15,16,18). The fraction of sp³-hybridized carbons (Fsp3) is 0.167. The van der Waals surface area contributed by atoms with Crippen molar-refractivity contribution in [1.29, 1.82) is 0 Å². The van der Waals surface area contributed by atoms with Gasteiger partial charge in [-0.2, -0.15) is 0 Å². The molecule has 2 aromatic heterocycles. The van der Waals surface area contributed by atoms with Crippen LogP contribution in [0.4, 0.5) is 5.13 Å². The van der Waals surface area contributed by atoms with Crippen LogP contribution in [0, 0.1) is 0 Å². The van der Waals surface area contributed by atoms with Crippen LogP contribution >= 0.6 is 22.9 Å². The van der Waals surface area contributed by atoms with Crippen LogP contribution in [0.1, 0.15) is 16.1 Å². The summed E-state index contributed by atoms with van der Waals surface area (Å²) in [5.74, 6) is -0.719. The van der Waals surface area contributed by atoms with Gasteiger partial charge in [-0.25, -0.2) is 9.97 Å². The number of ether oxygens (including phenoxy) is 1. The lowest BCUT2D eigenvalue weighted by atomic mass is 10.3. The second-order valence-corrected chi connectivity index (χ2v) is 4.97. The van der Waals surface area contributed by atoms with Gasteiger partial charge in [0, 0.05) is 11.6 Å². The number of carbonyl (C=O) groups is 2. The monoisotopic (exact) mass is 311 g/mol. The zero-order valence-electron chi connectivity index (χ0n) is 10.4. The fourth-order valence-corrected chi connectivity index (χ4v) is 2.16. The third-order valence-corrected chi connectivity index (χ3v) is 3.35. The lowest BCUT2D eigenvalue weighted by Crippen LogP contribution is -2.12. The minimum Gasteiger partial charge on any atom is -0.469 e. The Labute approximate surface area is 123 Å². The maximum absolute atomic E-state index is 11.9. The zero-order chi connectivity index (χ0) is 14.5. The second kappa shape index (κ2) is 6.44. The summed E-state index contributed by atoms with van der Waals surface area (Å²) in [4.78, 5) is 30.9. The molecule has 6 nitrogen and oxygen atoms in total. The van der Waals surface area contributed by atoms with E-state index in [9.17, 15) is 9.59 Å². The van der Waals surface area contributed by atoms with E-state index in [4.69, 9.17) is 11.6 Å². The van der Waals surface area contributed by atoms with E-state index in [1.165, 1.54) is 30.7 Å². The van der Waals surface area contributed by atoms with Crippen molar-refractivity contribution < 1.29 is 14.3 Å². The molecule has 0 spiro atoms. The number of hydrogen-bond donors (Lipinski definition) is 1. The molecule has 0 saturated carbocycles. The third kappa shape index (κ3) is 3.75. The largest absolute Gasteiger partial charge is 0.469 e. The molecule has 0 aliphatic rings. The number of halogens is 1. The van der Waals surface area contributed by atoms with Crippen molar-refractivity contribution in [1.82, 2.24) is 9.97 Å². The number of methoxy groups -OCH3 is 1. The highest BCUT2D eigenvalue weighted by Gasteiger charge is 2.11. The van der Waals surface area contributed by atoms with Gasteiger partial charge >= 0.3 is 5.97 Å². The summed E-state index contributed by atoms with van der Waals surface area (Å²) in [6.07, 6.45) is 1.45. The Morgan fingerprint density at radius 3 is 2.90 bits per heavy atom. The van der Waals surface area contributed by atoms with Crippen molar-refractivity contribution >= 4 is 39.9 Å². The molecule has 1 N–H and O–H groups in total. The third-order valence-electron chi connectivity index (χ3n) is 2.31. The minimum absolute atomic E-state index is 0.0748. The fourth-order valence-electron chi connectivity index (χ4n) is 1.35. The minimum atomic E-state index is -0.380. The van der Waals surface area contributed by atoms with Crippen LogP contribution in [0.5, 0.6) is 0 Å². The topological polar surface area (TPSA) is 81.2 Å². The molecule has 0 bridgehead atoms. The molecule has 0 aliphatic carbocycles. The summed E-state index contributed by atoms with van der Waals surface area (Å²) < 4.78 is 4.54. The predicted molar refractivity (Wildman–Crippen MR) is 75.0 cm³/mol. The van der Waals surface area contributed by atoms with Gasteiger partial charge in [-0.05, 0) is 12.1 Å². The van der Waals surface area contributed by atoms with Crippen LogP contribution in [-0.2, 0) is 16.0 Å². The zero-order valence-corrected chi connectivity index (χ0v) is 12.0. The summed E-state index contributed by atoms with van der Waals surface area (Å²) in [6.45, 7) is 0. The maximum Gasteiger partial charge on any atom is 0.311 e. The van der Waals surface area contributed by atoms with E-state index in [2.05, 4.69) is 20.0 Å². The lowest BCUT2D eigenvalue weighted by Gasteiger charge is -2.01. The first-order valence-electron chi connectivity index (χ1n) is 5.52. The Balaban J connectivity index is 2.01. The van der Waals surface area contributed by atoms with Gasteiger partial charge in [0.25, 0.3) is 5.91 Å². The molecule has 0 aliphatic heterocycles. The van der Waals surface area contributed by atoms with Gasteiger partial charge < -0.3 is 4.74 Å². The van der Waals surface area contributed by atoms with Crippen LogP contribution in [0.2, 0.25) is 5.15 Å². The Bertz CT molecular complexity index is 627. The number of thiazole rings is 1. The summed E-state index contributed by atoms with van der Waals surface area (Å²) in [5, 5.41) is 5.03. The molecule has 2 rings (SSSR count). The molecule has 20 heavy (non-hydrogen) atoms. The van der Waals surface area contributed by atoms with E-state index in [-0.39, 0.29) is 18.3 Å². The lowest BCUT2D eigenvalue weighted by molar-refractivity contribution is -0.139. The van der Waals surface area contributed by atoms with E-state index in [1.54, 1.807) is 11.4 Å². The van der Waals surface area contributed by atoms with Gasteiger partial charge in [0.15, 0.2) is 5.13 Å². The van der Waals surface area contributed by atoms with Gasteiger partial charge in [0.05, 0.1) is 24.8 Å². The highest BCUT2D eigenvalue weighted by molar-refractivity contribution is 7.14. The molecule has 0 radical (unpaired) electrons. The Morgan fingerprint density at radius 1 is 1.45 bits per heavy atom. The van der Waals surface area contributed by atoms with Crippen molar-refractivity contribution in [3.8, 4) is 0 Å².